The third-order valence-electron chi connectivity index (χ3n) is 4.73. The summed E-state index contributed by atoms with van der Waals surface area (Å²) >= 11 is 0. The Morgan fingerprint density at radius 3 is 2.56 bits per heavy atom. The van der Waals surface area contributed by atoms with Gasteiger partial charge in [0.2, 0.25) is 5.91 Å². The Kier molecular flexibility index (Phi) is 6.08. The van der Waals surface area contributed by atoms with Gasteiger partial charge in [-0.2, -0.15) is 8.42 Å². The van der Waals surface area contributed by atoms with Gasteiger partial charge in [-0.15, -0.1) is 0 Å². The summed E-state index contributed by atoms with van der Waals surface area (Å²) in [5, 5.41) is 4.99. The largest absolute Gasteiger partial charge is 0.497 e. The number of likely N-dealkylation sites (tertiary alicyclic amines) is 1. The van der Waals surface area contributed by atoms with Gasteiger partial charge < -0.3 is 9.64 Å². The van der Waals surface area contributed by atoms with Crippen LogP contribution in [0.4, 0.5) is 0 Å². The van der Waals surface area contributed by atoms with Crippen LogP contribution < -0.4 is 14.6 Å². The molecule has 1 fully saturated rings. The number of amides is 1. The predicted molar refractivity (Wildman–Crippen MR) is 96.4 cm³/mol. The average Bonchev–Trinajstić information content (AvgIpc) is 2.59. The second kappa shape index (κ2) is 7.72. The number of benzene rings is 1. The molecule has 0 bridgehead atoms. The number of ether oxygens (including phenoxy) is 1. The van der Waals surface area contributed by atoms with E-state index >= 15 is 0 Å². The van der Waals surface area contributed by atoms with E-state index in [9.17, 15) is 13.2 Å². The molecule has 1 aromatic rings. The lowest BCUT2D eigenvalue weighted by atomic mass is 9.82. The molecule has 7 nitrogen and oxygen atoms in total. The first kappa shape index (κ1) is 19.7. The van der Waals surface area contributed by atoms with E-state index in [0.29, 0.717) is 13.1 Å². The molecule has 0 aliphatic carbocycles. The highest BCUT2D eigenvalue weighted by Crippen LogP contribution is 2.29. The monoisotopic (exact) mass is 369 g/mol. The molecule has 0 spiro atoms. The van der Waals surface area contributed by atoms with Gasteiger partial charge in [0.25, 0.3) is 10.2 Å². The van der Waals surface area contributed by atoms with Gasteiger partial charge >= 0.3 is 0 Å². The lowest BCUT2D eigenvalue weighted by Gasteiger charge is -2.38. The van der Waals surface area contributed by atoms with Gasteiger partial charge in [-0.3, -0.25) is 4.79 Å². The van der Waals surface area contributed by atoms with E-state index in [0.717, 1.165) is 24.2 Å². The van der Waals surface area contributed by atoms with Crippen molar-refractivity contribution in [1.82, 2.24) is 9.62 Å². The molecule has 0 aromatic heterocycles. The molecule has 1 atom stereocenters. The highest BCUT2D eigenvalue weighted by molar-refractivity contribution is 7.87. The summed E-state index contributed by atoms with van der Waals surface area (Å²) in [6.07, 6.45) is 1.72. The minimum absolute atomic E-state index is 0.0398. The van der Waals surface area contributed by atoms with Crippen LogP contribution in [0, 0.1) is 5.92 Å². The van der Waals surface area contributed by atoms with Gasteiger partial charge in [-0.1, -0.05) is 12.1 Å². The summed E-state index contributed by atoms with van der Waals surface area (Å²) < 4.78 is 29.6. The van der Waals surface area contributed by atoms with Crippen molar-refractivity contribution in [3.63, 3.8) is 0 Å². The summed E-state index contributed by atoms with van der Waals surface area (Å²) in [5.41, 5.74) is 0.254. The van der Waals surface area contributed by atoms with Gasteiger partial charge in [0.15, 0.2) is 0 Å². The van der Waals surface area contributed by atoms with E-state index in [1.807, 2.05) is 43.0 Å². The topological polar surface area (TPSA) is 102 Å². The Morgan fingerprint density at radius 1 is 1.36 bits per heavy atom. The van der Waals surface area contributed by atoms with E-state index in [4.69, 9.17) is 9.88 Å². The van der Waals surface area contributed by atoms with Crippen LogP contribution in [0.5, 0.6) is 5.75 Å². The summed E-state index contributed by atoms with van der Waals surface area (Å²) in [7, 11) is -2.10. The fourth-order valence-corrected chi connectivity index (χ4v) is 3.64. The fourth-order valence-electron chi connectivity index (χ4n) is 3.18. The minimum Gasteiger partial charge on any atom is -0.497 e. The Balaban J connectivity index is 2.06. The predicted octanol–water partition coefficient (Wildman–Crippen LogP) is 1.00. The van der Waals surface area contributed by atoms with Gasteiger partial charge in [-0.05, 0) is 50.3 Å². The number of rotatable bonds is 6. The SMILES string of the molecule is COc1ccc(C(C)(C)C(=O)N2CCCC(CNS(N)(=O)=O)C2)cc1. The second-order valence-electron chi connectivity index (χ2n) is 7.01. The van der Waals surface area contributed by atoms with Crippen molar-refractivity contribution in [2.24, 2.45) is 11.1 Å². The Bertz CT molecular complexity index is 701. The van der Waals surface area contributed by atoms with Crippen LogP contribution in [0.25, 0.3) is 0 Å². The van der Waals surface area contributed by atoms with Gasteiger partial charge in [0.05, 0.1) is 12.5 Å². The Morgan fingerprint density at radius 2 is 2.00 bits per heavy atom. The first-order chi connectivity index (χ1) is 11.6. The molecule has 140 valence electrons. The standard InChI is InChI=1S/C17H27N3O4S/c1-17(2,14-6-8-15(24-3)9-7-14)16(21)20-10-4-5-13(12-20)11-19-25(18,22)23/h6-9,13,19H,4-5,10-12H2,1-3H3,(H2,18,22,23). The number of carbonyl (C=O) groups is 1. The maximum Gasteiger partial charge on any atom is 0.274 e. The molecule has 1 aliphatic heterocycles. The van der Waals surface area contributed by atoms with Crippen LogP contribution in [0.1, 0.15) is 32.3 Å². The van der Waals surface area contributed by atoms with Crippen molar-refractivity contribution in [2.75, 3.05) is 26.7 Å². The summed E-state index contributed by atoms with van der Waals surface area (Å²) in [4.78, 5) is 14.9. The minimum atomic E-state index is -3.70. The smallest absolute Gasteiger partial charge is 0.274 e. The quantitative estimate of drug-likeness (QED) is 0.781. The normalized spacial score (nSPS) is 18.9. The summed E-state index contributed by atoms with van der Waals surface area (Å²) in [6, 6.07) is 7.50. The van der Waals surface area contributed by atoms with Crippen LogP contribution in [0.2, 0.25) is 0 Å². The number of nitrogens with zero attached hydrogens (tertiary/aromatic N) is 1. The number of methoxy groups -OCH3 is 1. The molecular weight excluding hydrogens is 342 g/mol. The molecule has 0 radical (unpaired) electrons. The zero-order valence-electron chi connectivity index (χ0n) is 15.0. The first-order valence-electron chi connectivity index (χ1n) is 8.35. The van der Waals surface area contributed by atoms with E-state index in [-0.39, 0.29) is 18.4 Å². The van der Waals surface area contributed by atoms with Crippen molar-refractivity contribution in [1.29, 1.82) is 0 Å². The van der Waals surface area contributed by atoms with E-state index in [1.165, 1.54) is 0 Å². The Hall–Kier alpha value is -1.64. The number of hydrogen-bond donors (Lipinski definition) is 2. The number of nitrogens with one attached hydrogen (secondary N) is 1. The number of nitrogens with two attached hydrogens (primary N) is 1. The number of piperidine rings is 1. The number of hydrogen-bond acceptors (Lipinski definition) is 4. The van der Waals surface area contributed by atoms with E-state index in [2.05, 4.69) is 4.72 Å². The Labute approximate surface area is 149 Å². The molecule has 3 N–H and O–H groups in total. The first-order valence-corrected chi connectivity index (χ1v) is 9.89. The van der Waals surface area contributed by atoms with Crippen molar-refractivity contribution in [3.05, 3.63) is 29.8 Å². The van der Waals surface area contributed by atoms with Crippen LogP contribution in [0.3, 0.4) is 0 Å². The summed E-state index contributed by atoms with van der Waals surface area (Å²) in [6.45, 7) is 5.28. The van der Waals surface area contributed by atoms with Crippen LogP contribution >= 0.6 is 0 Å². The molecule has 8 heteroatoms. The van der Waals surface area contributed by atoms with Gasteiger partial charge in [0, 0.05) is 19.6 Å². The molecule has 2 rings (SSSR count). The molecule has 0 saturated carbocycles. The molecule has 1 amide bonds. The van der Waals surface area contributed by atoms with Crippen LogP contribution in [-0.4, -0.2) is 46.0 Å². The van der Waals surface area contributed by atoms with Crippen LogP contribution in [0.15, 0.2) is 24.3 Å². The highest BCUT2D eigenvalue weighted by Gasteiger charge is 2.36. The van der Waals surface area contributed by atoms with E-state index in [1.54, 1.807) is 7.11 Å². The van der Waals surface area contributed by atoms with Crippen molar-refractivity contribution < 1.29 is 17.9 Å². The third-order valence-corrected chi connectivity index (χ3v) is 5.29. The average molecular weight is 369 g/mol. The molecule has 1 aliphatic rings. The van der Waals surface area contributed by atoms with Gasteiger partial charge in [0.1, 0.15) is 5.75 Å². The lowest BCUT2D eigenvalue weighted by Crippen LogP contribution is -2.49. The molecule has 1 unspecified atom stereocenters. The molecule has 25 heavy (non-hydrogen) atoms. The maximum atomic E-state index is 13.1. The lowest BCUT2D eigenvalue weighted by molar-refractivity contribution is -0.138. The molecule has 1 saturated heterocycles. The van der Waals surface area contributed by atoms with E-state index < -0.39 is 15.6 Å². The zero-order valence-corrected chi connectivity index (χ0v) is 15.8. The fraction of sp³-hybridized carbons (Fsp3) is 0.588. The van der Waals surface area contributed by atoms with Crippen molar-refractivity contribution >= 4 is 16.1 Å². The van der Waals surface area contributed by atoms with Crippen molar-refractivity contribution in [3.8, 4) is 5.75 Å². The van der Waals surface area contributed by atoms with Gasteiger partial charge in [-0.25, -0.2) is 9.86 Å². The third kappa shape index (κ3) is 5.17. The zero-order chi connectivity index (χ0) is 18.7. The highest BCUT2D eigenvalue weighted by atomic mass is 32.2. The number of carbonyl (C=O) groups excluding carboxylic acids is 1. The second-order valence-corrected chi connectivity index (χ2v) is 8.39. The van der Waals surface area contributed by atoms with Crippen molar-refractivity contribution in [2.45, 2.75) is 32.1 Å². The maximum absolute atomic E-state index is 13.1. The summed E-state index contributed by atoms with van der Waals surface area (Å²) in [5.74, 6) is 0.861. The molecular formula is C17H27N3O4S. The molecule has 1 heterocycles. The van der Waals surface area contributed by atoms with Crippen LogP contribution in [-0.2, 0) is 20.4 Å². The molecule has 1 aromatic carbocycles.